The summed E-state index contributed by atoms with van der Waals surface area (Å²) in [5, 5.41) is 9.95. The van der Waals surface area contributed by atoms with Crippen molar-refractivity contribution in [3.8, 4) is 0 Å². The van der Waals surface area contributed by atoms with Crippen molar-refractivity contribution in [3.05, 3.63) is 0 Å². The molecule has 72 valence electrons. The molecule has 6 heteroatoms. The molecule has 1 aliphatic rings. The topological polar surface area (TPSA) is 49.3 Å². The fraction of sp³-hybridized carbons (Fsp3) is 0.833. The van der Waals surface area contributed by atoms with Crippen molar-refractivity contribution in [1.82, 2.24) is 5.32 Å². The van der Waals surface area contributed by atoms with E-state index in [1.54, 1.807) is 0 Å². The number of rotatable bonds is 0. The number of carboxylic acids is 1. The van der Waals surface area contributed by atoms with E-state index in [1.807, 2.05) is 0 Å². The van der Waals surface area contributed by atoms with Gasteiger partial charge >= 0.3 is 12.1 Å². The van der Waals surface area contributed by atoms with E-state index < -0.39 is 19.0 Å². The zero-order chi connectivity index (χ0) is 12.3. The summed E-state index contributed by atoms with van der Waals surface area (Å²) < 4.78 is 52.3. The van der Waals surface area contributed by atoms with E-state index in [9.17, 15) is 13.2 Å². The van der Waals surface area contributed by atoms with Gasteiger partial charge in [0.15, 0.2) is 0 Å². The summed E-state index contributed by atoms with van der Waals surface area (Å²) in [4.78, 5) is 8.90. The third kappa shape index (κ3) is 4.95. The van der Waals surface area contributed by atoms with E-state index in [-0.39, 0.29) is 6.04 Å². The van der Waals surface area contributed by atoms with Crippen LogP contribution in [0.5, 0.6) is 0 Å². The molecule has 1 atom stereocenters. The van der Waals surface area contributed by atoms with Crippen LogP contribution in [0.1, 0.15) is 17.4 Å². The van der Waals surface area contributed by atoms with Gasteiger partial charge in [0.2, 0.25) is 0 Å². The largest absolute Gasteiger partial charge is 0.490 e. The van der Waals surface area contributed by atoms with Gasteiger partial charge in [-0.2, -0.15) is 13.2 Å². The minimum absolute atomic E-state index is 0.220. The third-order valence-corrected chi connectivity index (χ3v) is 1.07. The van der Waals surface area contributed by atoms with Crippen molar-refractivity contribution in [2.75, 3.05) is 6.54 Å². The number of carboxylic acid groups (broad SMARTS) is 1. The van der Waals surface area contributed by atoms with Gasteiger partial charge < -0.3 is 10.4 Å². The number of hydrogen-bond acceptors (Lipinski definition) is 2. The Kier molecular flexibility index (Phi) is 2.40. The summed E-state index contributed by atoms with van der Waals surface area (Å²) in [6, 6.07) is -0.220. The molecule has 0 amide bonds. The summed E-state index contributed by atoms with van der Waals surface area (Å²) in [5.41, 5.74) is 0. The summed E-state index contributed by atoms with van der Waals surface area (Å²) in [6.07, 6.45) is -4.28. The molecule has 1 heterocycles. The molecule has 2 N–H and O–H groups in total. The molecule has 1 unspecified atom stereocenters. The van der Waals surface area contributed by atoms with Crippen molar-refractivity contribution in [3.63, 3.8) is 0 Å². The highest BCUT2D eigenvalue weighted by Crippen LogP contribution is 2.13. The third-order valence-electron chi connectivity index (χ3n) is 1.07. The van der Waals surface area contributed by atoms with Crippen molar-refractivity contribution >= 4 is 5.97 Å². The zero-order valence-electron chi connectivity index (χ0n) is 8.98. The first-order valence-electron chi connectivity index (χ1n) is 4.58. The normalized spacial score (nSPS) is 26.6. The second-order valence-corrected chi connectivity index (χ2v) is 2.10. The lowest BCUT2D eigenvalue weighted by Gasteiger charge is -2.22. The average Bonchev–Trinajstić information content (AvgIpc) is 1.76. The van der Waals surface area contributed by atoms with Gasteiger partial charge in [-0.05, 0) is 19.8 Å². The molecule has 1 fully saturated rings. The molecule has 0 aromatic rings. The van der Waals surface area contributed by atoms with Gasteiger partial charge in [-0.15, -0.1) is 0 Å². The lowest BCUT2D eigenvalue weighted by molar-refractivity contribution is -0.192. The van der Waals surface area contributed by atoms with E-state index in [0.29, 0.717) is 0 Å². The molecule has 0 radical (unpaired) electrons. The lowest BCUT2D eigenvalue weighted by Crippen LogP contribution is -2.39. The van der Waals surface area contributed by atoms with E-state index in [1.165, 1.54) is 0 Å². The van der Waals surface area contributed by atoms with Crippen LogP contribution in [-0.4, -0.2) is 29.8 Å². The van der Waals surface area contributed by atoms with Crippen LogP contribution < -0.4 is 5.32 Å². The number of carbonyl (C=O) groups is 1. The number of halogens is 3. The predicted octanol–water partition coefficient (Wildman–Crippen LogP) is 1.00. The van der Waals surface area contributed by atoms with Crippen molar-refractivity contribution in [1.29, 1.82) is 0 Å². The highest BCUT2D eigenvalue weighted by molar-refractivity contribution is 5.73. The summed E-state index contributed by atoms with van der Waals surface area (Å²) in [6.45, 7) is -0.901. The Bertz CT molecular complexity index is 225. The molecule has 3 nitrogen and oxygen atoms in total. The Balaban J connectivity index is 0.000000265. The van der Waals surface area contributed by atoms with Crippen LogP contribution in [0, 0.1) is 0 Å². The first kappa shape index (κ1) is 6.71. The van der Waals surface area contributed by atoms with Crippen molar-refractivity contribution in [2.45, 2.75) is 25.5 Å². The molecular formula is C6H10F3NO2. The molecule has 0 bridgehead atoms. The predicted molar refractivity (Wildman–Crippen MR) is 35.8 cm³/mol. The van der Waals surface area contributed by atoms with Crippen LogP contribution >= 0.6 is 0 Å². The fourth-order valence-corrected chi connectivity index (χ4v) is 0.289. The summed E-state index contributed by atoms with van der Waals surface area (Å²) >= 11 is 0. The van der Waals surface area contributed by atoms with Gasteiger partial charge in [-0.3, -0.25) is 0 Å². The molecular weight excluding hydrogens is 175 g/mol. The van der Waals surface area contributed by atoms with Crippen LogP contribution in [0.3, 0.4) is 0 Å². The molecule has 12 heavy (non-hydrogen) atoms. The van der Waals surface area contributed by atoms with E-state index >= 15 is 0 Å². The Hall–Kier alpha value is -0.780. The minimum atomic E-state index is -5.08. The monoisotopic (exact) mass is 188 g/mol. The fourth-order valence-electron chi connectivity index (χ4n) is 0.289. The van der Waals surface area contributed by atoms with Crippen molar-refractivity contribution in [2.24, 2.45) is 0 Å². The first-order valence-corrected chi connectivity index (χ1v) is 3.08. The molecule has 1 rings (SSSR count). The summed E-state index contributed by atoms with van der Waals surface area (Å²) in [5.74, 6) is -2.76. The van der Waals surface area contributed by atoms with E-state index in [0.717, 1.165) is 13.0 Å². The number of hydrogen-bond donors (Lipinski definition) is 2. The number of nitrogens with one attached hydrogen (secondary N) is 1. The average molecular weight is 188 g/mol. The van der Waals surface area contributed by atoms with Crippen LogP contribution in [-0.2, 0) is 4.79 Å². The van der Waals surface area contributed by atoms with Crippen LogP contribution in [0.4, 0.5) is 13.2 Å². The molecule has 0 saturated carbocycles. The molecule has 0 aliphatic carbocycles. The second-order valence-electron chi connectivity index (χ2n) is 2.10. The quantitative estimate of drug-likeness (QED) is 0.596. The number of aliphatic carboxylic acids is 1. The van der Waals surface area contributed by atoms with Crippen LogP contribution in [0.2, 0.25) is 0 Å². The Morgan fingerprint density at radius 3 is 2.17 bits per heavy atom. The van der Waals surface area contributed by atoms with Crippen molar-refractivity contribution < 1.29 is 27.2 Å². The summed E-state index contributed by atoms with van der Waals surface area (Å²) in [7, 11) is 0. The minimum Gasteiger partial charge on any atom is -0.475 e. The first-order chi connectivity index (χ1) is 6.55. The molecule has 0 spiro atoms. The van der Waals surface area contributed by atoms with Crippen LogP contribution in [0.25, 0.3) is 0 Å². The van der Waals surface area contributed by atoms with Gasteiger partial charge in [0.1, 0.15) is 0 Å². The van der Waals surface area contributed by atoms with Gasteiger partial charge in [-0.1, -0.05) is 0 Å². The maximum absolute atomic E-state index is 10.6. The van der Waals surface area contributed by atoms with Gasteiger partial charge in [0.25, 0.3) is 0 Å². The van der Waals surface area contributed by atoms with E-state index in [2.05, 4.69) is 5.32 Å². The highest BCUT2D eigenvalue weighted by atomic mass is 19.4. The van der Waals surface area contributed by atoms with Gasteiger partial charge in [0, 0.05) is 10.2 Å². The highest BCUT2D eigenvalue weighted by Gasteiger charge is 2.38. The maximum atomic E-state index is 10.6. The molecule has 0 aromatic heterocycles. The Labute approximate surface area is 71.8 Å². The number of alkyl halides is 3. The maximum Gasteiger partial charge on any atom is 0.490 e. The van der Waals surface area contributed by atoms with E-state index in [4.69, 9.17) is 14.0 Å². The Morgan fingerprint density at radius 2 is 2.17 bits per heavy atom. The molecule has 1 saturated heterocycles. The Morgan fingerprint density at radius 1 is 1.75 bits per heavy atom. The standard InChI is InChI=1S/C4H9N.C2HF3O2/c1-4-2-3-5-4;3-2(4,5)1(6)7/h4-5H,2-3H2,1H3;(H,6,7)/i1D3;. The molecule has 1 aliphatic heterocycles. The SMILES string of the molecule is O=C(O)C(F)(F)F.[2H]C([2H])([2H])C1CCN1. The van der Waals surface area contributed by atoms with Gasteiger partial charge in [0.05, 0.1) is 0 Å². The second kappa shape index (κ2) is 4.30. The zero-order valence-corrected chi connectivity index (χ0v) is 5.98. The lowest BCUT2D eigenvalue weighted by atomic mass is 10.1. The van der Waals surface area contributed by atoms with Crippen LogP contribution in [0.15, 0.2) is 0 Å². The smallest absolute Gasteiger partial charge is 0.475 e. The molecule has 0 aromatic carbocycles. The van der Waals surface area contributed by atoms with Gasteiger partial charge in [-0.25, -0.2) is 4.79 Å².